The van der Waals surface area contributed by atoms with Gasteiger partial charge in [0.2, 0.25) is 0 Å². The Balaban J connectivity index is 2.30. The highest BCUT2D eigenvalue weighted by Gasteiger charge is 2.07. The van der Waals surface area contributed by atoms with E-state index in [1.165, 1.54) is 0 Å². The van der Waals surface area contributed by atoms with Crippen molar-refractivity contribution >= 4 is 27.6 Å². The zero-order valence-electron chi connectivity index (χ0n) is 11.3. The van der Waals surface area contributed by atoms with Gasteiger partial charge in [0.05, 0.1) is 5.56 Å². The van der Waals surface area contributed by atoms with Gasteiger partial charge in [-0.15, -0.1) is 0 Å². The molecule has 2 N–H and O–H groups in total. The molecule has 0 unspecified atom stereocenters. The monoisotopic (exact) mass is 329 g/mol. The van der Waals surface area contributed by atoms with Crippen LogP contribution in [0.25, 0.3) is 0 Å². The third-order valence-electron chi connectivity index (χ3n) is 2.45. The van der Waals surface area contributed by atoms with Crippen molar-refractivity contribution < 1.29 is 14.6 Å². The smallest absolute Gasteiger partial charge is 0.336 e. The summed E-state index contributed by atoms with van der Waals surface area (Å²) in [6.07, 6.45) is 0.922. The van der Waals surface area contributed by atoms with E-state index in [-0.39, 0.29) is 5.56 Å². The number of nitrogens with one attached hydrogen (secondary N) is 1. The fourth-order valence-electron chi connectivity index (χ4n) is 1.52. The van der Waals surface area contributed by atoms with Crippen LogP contribution in [-0.2, 0) is 4.74 Å². The number of carboxylic acid groups (broad SMARTS) is 1. The molecule has 5 heteroatoms. The highest BCUT2D eigenvalue weighted by atomic mass is 79.9. The molecule has 0 aliphatic carbocycles. The number of rotatable bonds is 8. The molecule has 0 radical (unpaired) electrons. The molecular weight excluding hydrogens is 310 g/mol. The van der Waals surface area contributed by atoms with Gasteiger partial charge in [-0.3, -0.25) is 0 Å². The Hall–Kier alpha value is -1.07. The number of halogens is 1. The molecule has 0 spiro atoms. The van der Waals surface area contributed by atoms with E-state index < -0.39 is 5.97 Å². The van der Waals surface area contributed by atoms with Gasteiger partial charge in [0.15, 0.2) is 0 Å². The summed E-state index contributed by atoms with van der Waals surface area (Å²) < 4.78 is 6.06. The van der Waals surface area contributed by atoms with Crippen LogP contribution in [0.5, 0.6) is 0 Å². The minimum absolute atomic E-state index is 0.269. The van der Waals surface area contributed by atoms with Crippen LogP contribution in [0.15, 0.2) is 22.7 Å². The van der Waals surface area contributed by atoms with Crippen LogP contribution in [0.4, 0.5) is 5.69 Å². The molecule has 0 bridgehead atoms. The lowest BCUT2D eigenvalue weighted by atomic mass is 10.2. The van der Waals surface area contributed by atoms with Gasteiger partial charge in [0.25, 0.3) is 0 Å². The predicted octanol–water partition coefficient (Wildman–Crippen LogP) is 3.62. The van der Waals surface area contributed by atoms with Crippen LogP contribution in [-0.4, -0.2) is 30.8 Å². The first-order valence-electron chi connectivity index (χ1n) is 6.35. The molecule has 106 valence electrons. The maximum Gasteiger partial charge on any atom is 0.336 e. The SMILES string of the molecule is CC(C)COCCCNc1ccc(C(=O)O)c(Br)c1. The lowest BCUT2D eigenvalue weighted by Crippen LogP contribution is -2.08. The topological polar surface area (TPSA) is 58.6 Å². The lowest BCUT2D eigenvalue weighted by Gasteiger charge is -2.09. The number of anilines is 1. The van der Waals surface area contributed by atoms with E-state index in [1.54, 1.807) is 18.2 Å². The maximum atomic E-state index is 10.9. The zero-order chi connectivity index (χ0) is 14.3. The first-order chi connectivity index (χ1) is 9.00. The van der Waals surface area contributed by atoms with E-state index in [1.807, 2.05) is 0 Å². The zero-order valence-corrected chi connectivity index (χ0v) is 12.9. The normalized spacial score (nSPS) is 10.7. The van der Waals surface area contributed by atoms with Crippen molar-refractivity contribution in [3.05, 3.63) is 28.2 Å². The van der Waals surface area contributed by atoms with Crippen molar-refractivity contribution in [3.63, 3.8) is 0 Å². The molecule has 4 nitrogen and oxygen atoms in total. The molecule has 0 saturated carbocycles. The molecule has 0 fully saturated rings. The summed E-state index contributed by atoms with van der Waals surface area (Å²) in [6, 6.07) is 5.13. The maximum absolute atomic E-state index is 10.9. The summed E-state index contributed by atoms with van der Waals surface area (Å²) in [5, 5.41) is 12.1. The second-order valence-corrected chi connectivity index (χ2v) is 5.60. The number of benzene rings is 1. The highest BCUT2D eigenvalue weighted by Crippen LogP contribution is 2.21. The van der Waals surface area contributed by atoms with Gasteiger partial charge in [0.1, 0.15) is 0 Å². The summed E-state index contributed by atoms with van der Waals surface area (Å²) in [5.74, 6) is -0.368. The average Bonchev–Trinajstić information content (AvgIpc) is 2.32. The lowest BCUT2D eigenvalue weighted by molar-refractivity contribution is 0.0696. The van der Waals surface area contributed by atoms with Crippen molar-refractivity contribution in [2.24, 2.45) is 5.92 Å². The predicted molar refractivity (Wildman–Crippen MR) is 79.9 cm³/mol. The van der Waals surface area contributed by atoms with Crippen molar-refractivity contribution in [1.29, 1.82) is 0 Å². The summed E-state index contributed by atoms with van der Waals surface area (Å²) in [4.78, 5) is 10.9. The van der Waals surface area contributed by atoms with Gasteiger partial charge >= 0.3 is 5.97 Å². The van der Waals surface area contributed by atoms with Crippen molar-refractivity contribution in [1.82, 2.24) is 0 Å². The summed E-state index contributed by atoms with van der Waals surface area (Å²) in [6.45, 7) is 6.58. The first-order valence-corrected chi connectivity index (χ1v) is 7.14. The van der Waals surface area contributed by atoms with Gasteiger partial charge in [-0.2, -0.15) is 0 Å². The Morgan fingerprint density at radius 3 is 2.79 bits per heavy atom. The van der Waals surface area contributed by atoms with E-state index in [2.05, 4.69) is 35.1 Å². The van der Waals surface area contributed by atoms with Crippen LogP contribution in [0.1, 0.15) is 30.6 Å². The third kappa shape index (κ3) is 6.07. The highest BCUT2D eigenvalue weighted by molar-refractivity contribution is 9.10. The van der Waals surface area contributed by atoms with Crippen molar-refractivity contribution in [2.75, 3.05) is 25.1 Å². The van der Waals surface area contributed by atoms with Crippen LogP contribution in [0.2, 0.25) is 0 Å². The second kappa shape index (κ2) is 8.17. The molecule has 0 aliphatic heterocycles. The molecule has 0 atom stereocenters. The van der Waals surface area contributed by atoms with Crippen LogP contribution >= 0.6 is 15.9 Å². The van der Waals surface area contributed by atoms with Crippen molar-refractivity contribution in [3.8, 4) is 0 Å². The van der Waals surface area contributed by atoms with E-state index in [0.29, 0.717) is 10.4 Å². The number of ether oxygens (including phenoxy) is 1. The quantitative estimate of drug-likeness (QED) is 0.715. The fraction of sp³-hybridized carbons (Fsp3) is 0.500. The molecule has 0 saturated heterocycles. The van der Waals surface area contributed by atoms with Gasteiger partial charge in [-0.25, -0.2) is 4.79 Å². The Kier molecular flexibility index (Phi) is 6.87. The van der Waals surface area contributed by atoms with Crippen LogP contribution < -0.4 is 5.32 Å². The van der Waals surface area contributed by atoms with E-state index in [9.17, 15) is 4.79 Å². The van der Waals surface area contributed by atoms with Gasteiger partial charge in [-0.05, 0) is 46.5 Å². The van der Waals surface area contributed by atoms with E-state index in [0.717, 1.165) is 31.9 Å². The Morgan fingerprint density at radius 1 is 1.47 bits per heavy atom. The Morgan fingerprint density at radius 2 is 2.21 bits per heavy atom. The largest absolute Gasteiger partial charge is 0.478 e. The summed E-state index contributed by atoms with van der Waals surface area (Å²) in [7, 11) is 0. The number of hydrogen-bond acceptors (Lipinski definition) is 3. The summed E-state index contributed by atoms with van der Waals surface area (Å²) in [5.41, 5.74) is 1.17. The molecule has 1 aromatic rings. The van der Waals surface area contributed by atoms with Gasteiger partial charge in [0, 0.05) is 29.9 Å². The molecule has 0 aliphatic rings. The van der Waals surface area contributed by atoms with Crippen LogP contribution in [0, 0.1) is 5.92 Å². The van der Waals surface area contributed by atoms with Crippen LogP contribution in [0.3, 0.4) is 0 Å². The average molecular weight is 330 g/mol. The number of carbonyl (C=O) groups is 1. The molecule has 0 amide bonds. The molecule has 19 heavy (non-hydrogen) atoms. The second-order valence-electron chi connectivity index (χ2n) is 4.75. The minimum atomic E-state index is -0.930. The van der Waals surface area contributed by atoms with E-state index >= 15 is 0 Å². The molecular formula is C14H20BrNO3. The van der Waals surface area contributed by atoms with Crippen molar-refractivity contribution in [2.45, 2.75) is 20.3 Å². The fourth-order valence-corrected chi connectivity index (χ4v) is 2.07. The van der Waals surface area contributed by atoms with E-state index in [4.69, 9.17) is 9.84 Å². The number of aromatic carboxylic acids is 1. The minimum Gasteiger partial charge on any atom is -0.478 e. The van der Waals surface area contributed by atoms with Gasteiger partial charge in [-0.1, -0.05) is 13.8 Å². The Labute approximate surface area is 122 Å². The standard InChI is InChI=1S/C14H20BrNO3/c1-10(2)9-19-7-3-6-16-11-4-5-12(14(17)18)13(15)8-11/h4-5,8,10,16H,3,6-7,9H2,1-2H3,(H,17,18). The molecule has 0 aromatic heterocycles. The molecule has 1 rings (SSSR count). The molecule has 0 heterocycles. The summed E-state index contributed by atoms with van der Waals surface area (Å²) >= 11 is 3.25. The first kappa shape index (κ1) is 16.0. The Bertz CT molecular complexity index is 421. The number of carboxylic acids is 1. The molecule has 1 aromatic carbocycles. The number of hydrogen-bond donors (Lipinski definition) is 2. The van der Waals surface area contributed by atoms with Gasteiger partial charge < -0.3 is 15.2 Å². The third-order valence-corrected chi connectivity index (χ3v) is 3.10.